The first-order valence-electron chi connectivity index (χ1n) is 10.5. The summed E-state index contributed by atoms with van der Waals surface area (Å²) in [6, 6.07) is 8.29. The SMILES string of the molecule is O=C(CSc1nnc2n1CCCCC2)N1CCC[C@@H](c2nc3ccccc3s2)C1. The van der Waals surface area contributed by atoms with Gasteiger partial charge in [-0.2, -0.15) is 0 Å². The molecule has 0 N–H and O–H groups in total. The number of para-hydroxylation sites is 1. The topological polar surface area (TPSA) is 63.9 Å². The summed E-state index contributed by atoms with van der Waals surface area (Å²) in [4.78, 5) is 19.8. The number of carbonyl (C=O) groups excluding carboxylic acids is 1. The van der Waals surface area contributed by atoms with E-state index in [0.717, 1.165) is 55.4 Å². The Morgan fingerprint density at radius 1 is 1.14 bits per heavy atom. The molecule has 6 nitrogen and oxygen atoms in total. The van der Waals surface area contributed by atoms with Gasteiger partial charge in [0.1, 0.15) is 5.82 Å². The quantitative estimate of drug-likeness (QED) is 0.586. The average Bonchev–Trinajstić information content (AvgIpc) is 3.29. The summed E-state index contributed by atoms with van der Waals surface area (Å²) < 4.78 is 3.44. The molecule has 0 spiro atoms. The summed E-state index contributed by atoms with van der Waals surface area (Å²) in [7, 11) is 0. The fraction of sp³-hybridized carbons (Fsp3) is 0.524. The number of hydrogen-bond acceptors (Lipinski definition) is 6. The Hall–Kier alpha value is -1.93. The molecule has 0 saturated carbocycles. The second-order valence-corrected chi connectivity index (χ2v) is 9.85. The maximum Gasteiger partial charge on any atom is 0.233 e. The van der Waals surface area contributed by atoms with E-state index < -0.39 is 0 Å². The maximum absolute atomic E-state index is 12.9. The fourth-order valence-electron chi connectivity index (χ4n) is 4.25. The first kappa shape index (κ1) is 19.1. The highest BCUT2D eigenvalue weighted by Crippen LogP contribution is 2.33. The molecule has 1 aromatic carbocycles. The molecule has 1 amide bonds. The van der Waals surface area contributed by atoms with Crippen molar-refractivity contribution in [2.45, 2.75) is 56.1 Å². The van der Waals surface area contributed by atoms with Crippen molar-refractivity contribution >= 4 is 39.2 Å². The lowest BCUT2D eigenvalue weighted by Crippen LogP contribution is -2.40. The van der Waals surface area contributed by atoms with Crippen LogP contribution in [-0.4, -0.2) is 49.4 Å². The molecule has 5 rings (SSSR count). The molecule has 4 heterocycles. The summed E-state index contributed by atoms with van der Waals surface area (Å²) >= 11 is 3.31. The predicted octanol–water partition coefficient (Wildman–Crippen LogP) is 4.11. The zero-order valence-corrected chi connectivity index (χ0v) is 18.1. The van der Waals surface area contributed by atoms with E-state index >= 15 is 0 Å². The number of likely N-dealkylation sites (tertiary alicyclic amines) is 1. The Bertz CT molecular complexity index is 981. The van der Waals surface area contributed by atoms with E-state index in [1.807, 2.05) is 11.0 Å². The minimum Gasteiger partial charge on any atom is -0.341 e. The monoisotopic (exact) mass is 427 g/mol. The van der Waals surface area contributed by atoms with E-state index in [9.17, 15) is 4.79 Å². The minimum atomic E-state index is 0.201. The van der Waals surface area contributed by atoms with Gasteiger partial charge in [-0.1, -0.05) is 30.3 Å². The molecule has 0 bridgehead atoms. The molecule has 0 radical (unpaired) electrons. The number of fused-ring (bicyclic) bond motifs is 2. The third-order valence-electron chi connectivity index (χ3n) is 5.83. The molecule has 8 heteroatoms. The normalized spacial score (nSPS) is 19.9. The van der Waals surface area contributed by atoms with Crippen LogP contribution in [0.5, 0.6) is 0 Å². The molecule has 1 saturated heterocycles. The molecular weight excluding hydrogens is 402 g/mol. The maximum atomic E-state index is 12.9. The van der Waals surface area contributed by atoms with Gasteiger partial charge >= 0.3 is 0 Å². The van der Waals surface area contributed by atoms with Gasteiger partial charge in [-0.05, 0) is 37.8 Å². The molecule has 1 fully saturated rings. The van der Waals surface area contributed by atoms with Crippen LogP contribution in [0.3, 0.4) is 0 Å². The average molecular weight is 428 g/mol. The van der Waals surface area contributed by atoms with E-state index in [0.29, 0.717) is 11.7 Å². The van der Waals surface area contributed by atoms with Crippen molar-refractivity contribution in [2.75, 3.05) is 18.8 Å². The van der Waals surface area contributed by atoms with Crippen LogP contribution in [0.2, 0.25) is 0 Å². The van der Waals surface area contributed by atoms with Crippen molar-refractivity contribution in [3.05, 3.63) is 35.1 Å². The molecule has 152 valence electrons. The highest BCUT2D eigenvalue weighted by Gasteiger charge is 2.27. The molecule has 0 aliphatic carbocycles. The zero-order chi connectivity index (χ0) is 19.6. The van der Waals surface area contributed by atoms with Crippen molar-refractivity contribution in [1.29, 1.82) is 0 Å². The number of aryl methyl sites for hydroxylation is 1. The number of rotatable bonds is 4. The van der Waals surface area contributed by atoms with Crippen LogP contribution in [-0.2, 0) is 17.8 Å². The lowest BCUT2D eigenvalue weighted by molar-refractivity contribution is -0.129. The summed E-state index contributed by atoms with van der Waals surface area (Å²) in [6.07, 6.45) is 6.74. The molecule has 2 aromatic heterocycles. The van der Waals surface area contributed by atoms with Crippen molar-refractivity contribution < 1.29 is 4.79 Å². The van der Waals surface area contributed by atoms with Gasteiger partial charge in [0.05, 0.1) is 21.0 Å². The van der Waals surface area contributed by atoms with E-state index in [4.69, 9.17) is 4.98 Å². The van der Waals surface area contributed by atoms with Crippen LogP contribution in [0.25, 0.3) is 10.2 Å². The Balaban J connectivity index is 1.23. The number of benzene rings is 1. The van der Waals surface area contributed by atoms with Crippen LogP contribution in [0.15, 0.2) is 29.4 Å². The molecule has 2 aliphatic heterocycles. The van der Waals surface area contributed by atoms with E-state index in [1.54, 1.807) is 11.3 Å². The van der Waals surface area contributed by atoms with E-state index in [2.05, 4.69) is 33.0 Å². The first-order chi connectivity index (χ1) is 14.3. The summed E-state index contributed by atoms with van der Waals surface area (Å²) in [6.45, 7) is 2.60. The number of carbonyl (C=O) groups is 1. The predicted molar refractivity (Wildman–Crippen MR) is 116 cm³/mol. The van der Waals surface area contributed by atoms with Gasteiger partial charge in [0.2, 0.25) is 5.91 Å². The van der Waals surface area contributed by atoms with Gasteiger partial charge < -0.3 is 9.47 Å². The van der Waals surface area contributed by atoms with Gasteiger partial charge in [-0.25, -0.2) is 4.98 Å². The van der Waals surface area contributed by atoms with Crippen molar-refractivity contribution in [3.63, 3.8) is 0 Å². The number of thiazole rings is 1. The smallest absolute Gasteiger partial charge is 0.233 e. The van der Waals surface area contributed by atoms with Crippen LogP contribution < -0.4 is 0 Å². The number of piperidine rings is 1. The molecular formula is C21H25N5OS2. The molecule has 29 heavy (non-hydrogen) atoms. The fourth-order valence-corrected chi connectivity index (χ4v) is 6.23. The first-order valence-corrected chi connectivity index (χ1v) is 12.3. The second-order valence-electron chi connectivity index (χ2n) is 7.85. The van der Waals surface area contributed by atoms with Crippen LogP contribution >= 0.6 is 23.1 Å². The number of thioether (sulfide) groups is 1. The third kappa shape index (κ3) is 4.05. The highest BCUT2D eigenvalue weighted by atomic mass is 32.2. The minimum absolute atomic E-state index is 0.201. The molecule has 1 atom stereocenters. The Kier molecular flexibility index (Phi) is 5.54. The van der Waals surface area contributed by atoms with E-state index in [-0.39, 0.29) is 5.91 Å². The second kappa shape index (κ2) is 8.44. The number of nitrogens with zero attached hydrogens (tertiary/aromatic N) is 5. The number of amides is 1. The molecule has 3 aromatic rings. The van der Waals surface area contributed by atoms with E-state index in [1.165, 1.54) is 40.7 Å². The van der Waals surface area contributed by atoms with Crippen LogP contribution in [0.4, 0.5) is 0 Å². The number of hydrogen-bond donors (Lipinski definition) is 0. The summed E-state index contributed by atoms with van der Waals surface area (Å²) in [5.41, 5.74) is 1.07. The standard InChI is InChI=1S/C21H25N5OS2/c27-19(14-28-21-24-23-18-10-2-1-5-12-26(18)21)25-11-6-7-15(13-25)20-22-16-8-3-4-9-17(16)29-20/h3-4,8-9,15H,1-2,5-7,10-14H2/t15-/m1/s1. The van der Waals surface area contributed by atoms with Gasteiger partial charge in [-0.3, -0.25) is 4.79 Å². The van der Waals surface area contributed by atoms with Crippen molar-refractivity contribution in [1.82, 2.24) is 24.6 Å². The van der Waals surface area contributed by atoms with Crippen LogP contribution in [0.1, 0.15) is 48.9 Å². The van der Waals surface area contributed by atoms with Crippen molar-refractivity contribution in [2.24, 2.45) is 0 Å². The Labute approximate surface area is 178 Å². The van der Waals surface area contributed by atoms with Crippen LogP contribution in [0, 0.1) is 0 Å². The summed E-state index contributed by atoms with van der Waals surface area (Å²) in [5.74, 6) is 2.06. The van der Waals surface area contributed by atoms with Gasteiger partial charge in [0, 0.05) is 32.0 Å². The number of aromatic nitrogens is 4. The Morgan fingerprint density at radius 2 is 2.07 bits per heavy atom. The highest BCUT2D eigenvalue weighted by molar-refractivity contribution is 7.99. The van der Waals surface area contributed by atoms with Gasteiger partial charge in [-0.15, -0.1) is 21.5 Å². The molecule has 0 unspecified atom stereocenters. The largest absolute Gasteiger partial charge is 0.341 e. The lowest BCUT2D eigenvalue weighted by atomic mass is 9.99. The molecule has 2 aliphatic rings. The van der Waals surface area contributed by atoms with Gasteiger partial charge in [0.25, 0.3) is 0 Å². The van der Waals surface area contributed by atoms with Gasteiger partial charge in [0.15, 0.2) is 5.16 Å². The lowest BCUT2D eigenvalue weighted by Gasteiger charge is -2.31. The Morgan fingerprint density at radius 3 is 3.00 bits per heavy atom. The third-order valence-corrected chi connectivity index (χ3v) is 7.98. The zero-order valence-electron chi connectivity index (χ0n) is 16.4. The summed E-state index contributed by atoms with van der Waals surface area (Å²) in [5, 5.41) is 10.7. The van der Waals surface area contributed by atoms with Crippen molar-refractivity contribution in [3.8, 4) is 0 Å².